The molecule has 0 spiro atoms. The van der Waals surface area contributed by atoms with Crippen LogP contribution in [0.2, 0.25) is 0 Å². The van der Waals surface area contributed by atoms with Crippen LogP contribution in [0.1, 0.15) is 10.4 Å². The van der Waals surface area contributed by atoms with Crippen LogP contribution in [0.25, 0.3) is 0 Å². The Labute approximate surface area is 110 Å². The average Bonchev–Trinajstić information content (AvgIpc) is 2.53. The zero-order valence-electron chi connectivity index (χ0n) is 9.78. The van der Waals surface area contributed by atoms with Gasteiger partial charge in [-0.2, -0.15) is 0 Å². The maximum absolute atomic E-state index is 13.5. The fourth-order valence-electron chi connectivity index (χ4n) is 1.81. The molecule has 0 atom stereocenters. The summed E-state index contributed by atoms with van der Waals surface area (Å²) in [4.78, 5) is 45.6. The Balaban J connectivity index is 2.38. The Morgan fingerprint density at radius 3 is 2.50 bits per heavy atom. The third kappa shape index (κ3) is 2.20. The fourth-order valence-corrected chi connectivity index (χ4v) is 1.81. The summed E-state index contributed by atoms with van der Waals surface area (Å²) in [6.07, 6.45) is 0. The van der Waals surface area contributed by atoms with Crippen LogP contribution in [0.5, 0.6) is 0 Å². The molecule has 1 aromatic rings. The number of urea groups is 1. The maximum atomic E-state index is 13.5. The molecule has 2 rings (SSSR count). The SMILES string of the molecule is NC(=O)NC(=O)CN1C(=O)C(=O)c2c(F)cc(F)cc21. The first-order valence-electron chi connectivity index (χ1n) is 5.25. The third-order valence-corrected chi connectivity index (χ3v) is 2.56. The summed E-state index contributed by atoms with van der Waals surface area (Å²) < 4.78 is 26.6. The Kier molecular flexibility index (Phi) is 3.18. The maximum Gasteiger partial charge on any atom is 0.318 e. The van der Waals surface area contributed by atoms with Crippen molar-refractivity contribution in [3.05, 3.63) is 29.3 Å². The smallest absolute Gasteiger partial charge is 0.318 e. The summed E-state index contributed by atoms with van der Waals surface area (Å²) in [5.41, 5.74) is 3.74. The van der Waals surface area contributed by atoms with Crippen molar-refractivity contribution in [2.24, 2.45) is 5.73 Å². The highest BCUT2D eigenvalue weighted by Gasteiger charge is 2.39. The molecule has 0 bridgehead atoms. The average molecular weight is 283 g/mol. The molecule has 0 saturated carbocycles. The van der Waals surface area contributed by atoms with Gasteiger partial charge in [0, 0.05) is 6.07 Å². The lowest BCUT2D eigenvalue weighted by Crippen LogP contribution is -2.44. The number of Topliss-reactive ketones (excluding diaryl/α,β-unsaturated/α-hetero) is 1. The number of amides is 4. The first-order valence-corrected chi connectivity index (χ1v) is 5.25. The van der Waals surface area contributed by atoms with Crippen LogP contribution in [0, 0.1) is 11.6 Å². The Morgan fingerprint density at radius 1 is 1.25 bits per heavy atom. The molecule has 9 heteroatoms. The van der Waals surface area contributed by atoms with E-state index in [2.05, 4.69) is 0 Å². The van der Waals surface area contributed by atoms with Crippen molar-refractivity contribution in [1.29, 1.82) is 0 Å². The van der Waals surface area contributed by atoms with Gasteiger partial charge in [-0.3, -0.25) is 24.6 Å². The third-order valence-electron chi connectivity index (χ3n) is 2.56. The number of nitrogens with two attached hydrogens (primary N) is 1. The molecule has 0 radical (unpaired) electrons. The highest BCUT2D eigenvalue weighted by Crippen LogP contribution is 2.31. The standard InChI is InChI=1S/C11H7F2N3O4/c12-4-1-5(13)8-6(2-4)16(10(19)9(8)18)3-7(17)15-11(14)20/h1-2H,3H2,(H3,14,15,17,20). The number of halogens is 2. The van der Waals surface area contributed by atoms with Crippen molar-refractivity contribution in [2.75, 3.05) is 11.4 Å². The highest BCUT2D eigenvalue weighted by molar-refractivity contribution is 6.52. The first-order chi connectivity index (χ1) is 9.31. The molecule has 1 heterocycles. The lowest BCUT2D eigenvalue weighted by molar-refractivity contribution is -0.121. The minimum absolute atomic E-state index is 0.364. The van der Waals surface area contributed by atoms with Gasteiger partial charge in [0.25, 0.3) is 11.7 Å². The number of anilines is 1. The second-order valence-electron chi connectivity index (χ2n) is 3.91. The van der Waals surface area contributed by atoms with E-state index < -0.39 is 47.4 Å². The Morgan fingerprint density at radius 2 is 1.90 bits per heavy atom. The van der Waals surface area contributed by atoms with Gasteiger partial charge in [-0.15, -0.1) is 0 Å². The van der Waals surface area contributed by atoms with Gasteiger partial charge in [0.2, 0.25) is 5.91 Å². The van der Waals surface area contributed by atoms with E-state index in [1.807, 2.05) is 0 Å². The lowest BCUT2D eigenvalue weighted by Gasteiger charge is -2.15. The summed E-state index contributed by atoms with van der Waals surface area (Å²) in [6, 6.07) is 0.0501. The molecule has 0 fully saturated rings. The van der Waals surface area contributed by atoms with E-state index in [0.717, 1.165) is 6.07 Å². The highest BCUT2D eigenvalue weighted by atomic mass is 19.1. The molecule has 0 aromatic heterocycles. The molecule has 104 valence electrons. The number of carbonyl (C=O) groups excluding carboxylic acids is 4. The predicted octanol–water partition coefficient (Wildman–Crippen LogP) is -0.311. The number of primary amides is 1. The lowest BCUT2D eigenvalue weighted by atomic mass is 10.1. The molecule has 0 saturated heterocycles. The molecule has 20 heavy (non-hydrogen) atoms. The van der Waals surface area contributed by atoms with E-state index in [9.17, 15) is 28.0 Å². The Hall–Kier alpha value is -2.84. The van der Waals surface area contributed by atoms with Crippen LogP contribution in [-0.4, -0.2) is 30.2 Å². The van der Waals surface area contributed by atoms with Crippen LogP contribution in [0.15, 0.2) is 12.1 Å². The largest absolute Gasteiger partial charge is 0.351 e. The van der Waals surface area contributed by atoms with Crippen molar-refractivity contribution in [1.82, 2.24) is 5.32 Å². The zero-order chi connectivity index (χ0) is 15.0. The number of benzene rings is 1. The van der Waals surface area contributed by atoms with Gasteiger partial charge < -0.3 is 5.73 Å². The molecular formula is C11H7F2N3O4. The van der Waals surface area contributed by atoms with E-state index in [0.29, 0.717) is 11.0 Å². The normalized spacial score (nSPS) is 13.4. The van der Waals surface area contributed by atoms with E-state index in [4.69, 9.17) is 5.73 Å². The summed E-state index contributed by atoms with van der Waals surface area (Å²) >= 11 is 0. The monoisotopic (exact) mass is 283 g/mol. The van der Waals surface area contributed by atoms with Gasteiger partial charge in [-0.05, 0) is 6.07 Å². The number of rotatable bonds is 2. The molecule has 1 aromatic carbocycles. The second kappa shape index (κ2) is 4.68. The van der Waals surface area contributed by atoms with Crippen molar-refractivity contribution in [2.45, 2.75) is 0 Å². The molecule has 7 nitrogen and oxygen atoms in total. The van der Waals surface area contributed by atoms with Crippen molar-refractivity contribution in [3.63, 3.8) is 0 Å². The van der Waals surface area contributed by atoms with Crippen molar-refractivity contribution >= 4 is 29.3 Å². The summed E-state index contributed by atoms with van der Waals surface area (Å²) in [7, 11) is 0. The van der Waals surface area contributed by atoms with Crippen LogP contribution in [0.4, 0.5) is 19.3 Å². The molecule has 0 unspecified atom stereocenters. The van der Waals surface area contributed by atoms with Crippen LogP contribution in [0.3, 0.4) is 0 Å². The van der Waals surface area contributed by atoms with Gasteiger partial charge >= 0.3 is 6.03 Å². The van der Waals surface area contributed by atoms with Gasteiger partial charge in [-0.1, -0.05) is 0 Å². The number of hydrogen-bond acceptors (Lipinski definition) is 4. The number of ketones is 1. The quantitative estimate of drug-likeness (QED) is 0.725. The van der Waals surface area contributed by atoms with Crippen molar-refractivity contribution < 1.29 is 28.0 Å². The number of imide groups is 1. The molecular weight excluding hydrogens is 276 g/mol. The van der Waals surface area contributed by atoms with E-state index in [1.165, 1.54) is 0 Å². The second-order valence-corrected chi connectivity index (χ2v) is 3.91. The van der Waals surface area contributed by atoms with Crippen LogP contribution in [-0.2, 0) is 9.59 Å². The number of carbonyl (C=O) groups is 4. The Bertz CT molecular complexity index is 659. The minimum Gasteiger partial charge on any atom is -0.351 e. The molecule has 3 N–H and O–H groups in total. The van der Waals surface area contributed by atoms with Gasteiger partial charge in [0.1, 0.15) is 18.2 Å². The number of fused-ring (bicyclic) bond motifs is 1. The van der Waals surface area contributed by atoms with E-state index in [-0.39, 0.29) is 5.69 Å². The first kappa shape index (κ1) is 13.6. The predicted molar refractivity (Wildman–Crippen MR) is 60.8 cm³/mol. The zero-order valence-corrected chi connectivity index (χ0v) is 9.78. The van der Waals surface area contributed by atoms with E-state index in [1.54, 1.807) is 5.32 Å². The van der Waals surface area contributed by atoms with Gasteiger partial charge in [-0.25, -0.2) is 13.6 Å². The summed E-state index contributed by atoms with van der Waals surface area (Å²) in [6.45, 7) is -0.761. The molecule has 4 amide bonds. The summed E-state index contributed by atoms with van der Waals surface area (Å²) in [5.74, 6) is -5.58. The van der Waals surface area contributed by atoms with Gasteiger partial charge in [0.15, 0.2) is 0 Å². The van der Waals surface area contributed by atoms with E-state index >= 15 is 0 Å². The van der Waals surface area contributed by atoms with Crippen LogP contribution < -0.4 is 16.0 Å². The molecule has 1 aliphatic heterocycles. The van der Waals surface area contributed by atoms with Gasteiger partial charge in [0.05, 0.1) is 11.3 Å². The van der Waals surface area contributed by atoms with Crippen molar-refractivity contribution in [3.8, 4) is 0 Å². The number of nitrogens with zero attached hydrogens (tertiary/aromatic N) is 1. The number of nitrogens with one attached hydrogen (secondary N) is 1. The molecule has 0 aliphatic carbocycles. The minimum atomic E-state index is -1.20. The topological polar surface area (TPSA) is 110 Å². The van der Waals surface area contributed by atoms with Crippen LogP contribution >= 0.6 is 0 Å². The molecule has 1 aliphatic rings. The summed E-state index contributed by atoms with van der Waals surface area (Å²) in [5, 5.41) is 1.67. The number of hydrogen-bond donors (Lipinski definition) is 2. The fraction of sp³-hybridized carbons (Fsp3) is 0.0909.